The van der Waals surface area contributed by atoms with Crippen LogP contribution in [0.15, 0.2) is 46.1 Å². The number of carbonyl (C=O) groups is 1. The summed E-state index contributed by atoms with van der Waals surface area (Å²) in [6.45, 7) is 7.83. The summed E-state index contributed by atoms with van der Waals surface area (Å²) >= 11 is 0. The monoisotopic (exact) mass is 452 g/mol. The minimum Gasteiger partial charge on any atom is -0.308 e. The van der Waals surface area contributed by atoms with E-state index in [0.29, 0.717) is 24.0 Å². The second-order valence-electron chi connectivity index (χ2n) is 7.47. The number of benzene rings is 2. The standard InChI is InChI=1S/C23H24N4O4S/c1-5-27(6-2)32(30,31)17-9-7-16(8-10-17)21(28)19(13-24)22-25-20-15(4)11-14(3)12-18(20)23(29)26-22/h7-12,19H,5-6H2,1-4H3,(H,25,26,29)/t19-/m1/s1. The Balaban J connectivity index is 2.00. The summed E-state index contributed by atoms with van der Waals surface area (Å²) in [6.07, 6.45) is 0. The van der Waals surface area contributed by atoms with E-state index in [1.54, 1.807) is 19.9 Å². The van der Waals surface area contributed by atoms with Gasteiger partial charge < -0.3 is 4.98 Å². The average molecular weight is 453 g/mol. The molecule has 1 heterocycles. The SMILES string of the molecule is CCN(CC)S(=O)(=O)c1ccc(C(=O)[C@@H](C#N)c2nc3c(C)cc(C)cc3c(=O)[nH]2)cc1. The van der Waals surface area contributed by atoms with E-state index in [0.717, 1.165) is 11.1 Å². The fourth-order valence-corrected chi connectivity index (χ4v) is 5.12. The van der Waals surface area contributed by atoms with Crippen molar-refractivity contribution in [2.75, 3.05) is 13.1 Å². The lowest BCUT2D eigenvalue weighted by atomic mass is 9.97. The van der Waals surface area contributed by atoms with Crippen LogP contribution in [0.2, 0.25) is 0 Å². The molecule has 3 rings (SSSR count). The number of nitrogens with zero attached hydrogens (tertiary/aromatic N) is 3. The molecule has 0 radical (unpaired) electrons. The number of Topliss-reactive ketones (excluding diaryl/α,β-unsaturated/α-hetero) is 1. The summed E-state index contributed by atoms with van der Waals surface area (Å²) < 4.78 is 26.6. The van der Waals surface area contributed by atoms with Gasteiger partial charge in [-0.1, -0.05) is 32.0 Å². The molecule has 0 aliphatic carbocycles. The number of nitrogens with one attached hydrogen (secondary N) is 1. The summed E-state index contributed by atoms with van der Waals surface area (Å²) in [7, 11) is -3.66. The zero-order valence-electron chi connectivity index (χ0n) is 18.3. The number of hydrogen-bond donors (Lipinski definition) is 1. The van der Waals surface area contributed by atoms with Gasteiger partial charge >= 0.3 is 0 Å². The van der Waals surface area contributed by atoms with Gasteiger partial charge in [0.05, 0.1) is 21.9 Å². The highest BCUT2D eigenvalue weighted by Gasteiger charge is 2.27. The molecule has 0 fully saturated rings. The highest BCUT2D eigenvalue weighted by Crippen LogP contribution is 2.23. The first-order chi connectivity index (χ1) is 15.1. The number of sulfonamides is 1. The second-order valence-corrected chi connectivity index (χ2v) is 9.41. The molecule has 0 saturated carbocycles. The smallest absolute Gasteiger partial charge is 0.258 e. The van der Waals surface area contributed by atoms with Crippen molar-refractivity contribution in [2.45, 2.75) is 38.5 Å². The van der Waals surface area contributed by atoms with E-state index >= 15 is 0 Å². The molecule has 1 atom stereocenters. The maximum Gasteiger partial charge on any atom is 0.258 e. The van der Waals surface area contributed by atoms with Crippen LogP contribution < -0.4 is 5.56 Å². The Kier molecular flexibility index (Phi) is 6.57. The molecule has 0 amide bonds. The molecule has 9 heteroatoms. The first kappa shape index (κ1) is 23.3. The van der Waals surface area contributed by atoms with Crippen molar-refractivity contribution >= 4 is 26.7 Å². The number of rotatable bonds is 7. The van der Waals surface area contributed by atoms with Crippen LogP contribution in [0, 0.1) is 25.2 Å². The third kappa shape index (κ3) is 4.20. The maximum atomic E-state index is 13.0. The fraction of sp³-hybridized carbons (Fsp3) is 0.304. The number of nitriles is 1. The number of fused-ring (bicyclic) bond motifs is 1. The number of aromatic nitrogens is 2. The van der Waals surface area contributed by atoms with Crippen molar-refractivity contribution in [1.29, 1.82) is 5.26 Å². The van der Waals surface area contributed by atoms with Gasteiger partial charge in [-0.25, -0.2) is 13.4 Å². The lowest BCUT2D eigenvalue weighted by Crippen LogP contribution is -2.30. The summed E-state index contributed by atoms with van der Waals surface area (Å²) in [4.78, 5) is 32.6. The van der Waals surface area contributed by atoms with Crippen LogP contribution in [-0.2, 0) is 10.0 Å². The van der Waals surface area contributed by atoms with Gasteiger partial charge in [0.2, 0.25) is 10.0 Å². The zero-order chi connectivity index (χ0) is 23.6. The number of carbonyl (C=O) groups excluding carboxylic acids is 1. The summed E-state index contributed by atoms with van der Waals surface area (Å²) in [5.74, 6) is -1.95. The Labute approximate surface area is 186 Å². The molecule has 0 bridgehead atoms. The average Bonchev–Trinajstić information content (AvgIpc) is 2.76. The van der Waals surface area contributed by atoms with Crippen molar-refractivity contribution in [3.8, 4) is 6.07 Å². The molecule has 0 unspecified atom stereocenters. The quantitative estimate of drug-likeness (QED) is 0.550. The highest BCUT2D eigenvalue weighted by molar-refractivity contribution is 7.89. The molecule has 0 aliphatic rings. The Morgan fingerprint density at radius 3 is 2.34 bits per heavy atom. The van der Waals surface area contributed by atoms with E-state index in [4.69, 9.17) is 0 Å². The highest BCUT2D eigenvalue weighted by atomic mass is 32.2. The molecule has 3 aromatic rings. The Morgan fingerprint density at radius 1 is 1.16 bits per heavy atom. The Bertz CT molecular complexity index is 1380. The van der Waals surface area contributed by atoms with Crippen LogP contribution in [0.3, 0.4) is 0 Å². The first-order valence-corrected chi connectivity index (χ1v) is 11.6. The van der Waals surface area contributed by atoms with Gasteiger partial charge in [0.1, 0.15) is 5.82 Å². The van der Waals surface area contributed by atoms with Gasteiger partial charge in [-0.2, -0.15) is 9.57 Å². The summed E-state index contributed by atoms with van der Waals surface area (Å²) in [5, 5.41) is 10.1. The molecule has 166 valence electrons. The third-order valence-corrected chi connectivity index (χ3v) is 7.37. The van der Waals surface area contributed by atoms with Crippen LogP contribution in [0.25, 0.3) is 10.9 Å². The van der Waals surface area contributed by atoms with Crippen molar-refractivity contribution < 1.29 is 13.2 Å². The van der Waals surface area contributed by atoms with Gasteiger partial charge in [-0.3, -0.25) is 9.59 Å². The molecule has 1 N–H and O–H groups in total. The van der Waals surface area contributed by atoms with Crippen LogP contribution >= 0.6 is 0 Å². The molecule has 2 aromatic carbocycles. The van der Waals surface area contributed by atoms with E-state index in [-0.39, 0.29) is 16.3 Å². The van der Waals surface area contributed by atoms with Crippen LogP contribution in [-0.4, -0.2) is 41.6 Å². The van der Waals surface area contributed by atoms with Gasteiger partial charge in [0.15, 0.2) is 11.7 Å². The number of ketones is 1. The largest absolute Gasteiger partial charge is 0.308 e. The number of hydrogen-bond acceptors (Lipinski definition) is 6. The van der Waals surface area contributed by atoms with E-state index in [9.17, 15) is 23.3 Å². The summed E-state index contributed by atoms with van der Waals surface area (Å²) in [5.41, 5.74) is 1.83. The molecule has 0 aliphatic heterocycles. The zero-order valence-corrected chi connectivity index (χ0v) is 19.2. The minimum atomic E-state index is -3.66. The van der Waals surface area contributed by atoms with Crippen molar-refractivity contribution in [3.63, 3.8) is 0 Å². The minimum absolute atomic E-state index is 0.0400. The maximum absolute atomic E-state index is 13.0. The van der Waals surface area contributed by atoms with Crippen LogP contribution in [0.4, 0.5) is 0 Å². The molecule has 0 saturated heterocycles. The molecule has 1 aromatic heterocycles. The van der Waals surface area contributed by atoms with Gasteiger partial charge in [0, 0.05) is 18.7 Å². The molecule has 8 nitrogen and oxygen atoms in total. The molecular weight excluding hydrogens is 428 g/mol. The van der Waals surface area contributed by atoms with E-state index < -0.39 is 27.3 Å². The second kappa shape index (κ2) is 9.02. The lowest BCUT2D eigenvalue weighted by Gasteiger charge is -2.18. The van der Waals surface area contributed by atoms with E-state index in [1.165, 1.54) is 28.6 Å². The van der Waals surface area contributed by atoms with E-state index in [2.05, 4.69) is 9.97 Å². The predicted octanol–water partition coefficient (Wildman–Crippen LogP) is 3.06. The predicted molar refractivity (Wildman–Crippen MR) is 121 cm³/mol. The van der Waals surface area contributed by atoms with Crippen molar-refractivity contribution in [3.05, 3.63) is 69.3 Å². The third-order valence-electron chi connectivity index (χ3n) is 5.31. The van der Waals surface area contributed by atoms with Gasteiger partial charge in [0.25, 0.3) is 5.56 Å². The molecule has 32 heavy (non-hydrogen) atoms. The first-order valence-electron chi connectivity index (χ1n) is 10.2. The van der Waals surface area contributed by atoms with Crippen LogP contribution in [0.1, 0.15) is 47.1 Å². The number of H-pyrrole nitrogens is 1. The lowest BCUT2D eigenvalue weighted by molar-refractivity contribution is 0.0976. The van der Waals surface area contributed by atoms with Gasteiger partial charge in [-0.15, -0.1) is 0 Å². The Hall–Kier alpha value is -3.35. The molecule has 0 spiro atoms. The van der Waals surface area contributed by atoms with Gasteiger partial charge in [-0.05, 0) is 43.2 Å². The van der Waals surface area contributed by atoms with E-state index in [1.807, 2.05) is 26.0 Å². The summed E-state index contributed by atoms with van der Waals surface area (Å²) in [6, 6.07) is 10.9. The number of aryl methyl sites for hydroxylation is 2. The van der Waals surface area contributed by atoms with Crippen molar-refractivity contribution in [1.82, 2.24) is 14.3 Å². The number of aromatic amines is 1. The van der Waals surface area contributed by atoms with Crippen molar-refractivity contribution in [2.24, 2.45) is 0 Å². The topological polar surface area (TPSA) is 124 Å². The Morgan fingerprint density at radius 2 is 1.78 bits per heavy atom. The van der Waals surface area contributed by atoms with Crippen LogP contribution in [0.5, 0.6) is 0 Å². The molecular formula is C23H24N4O4S. The fourth-order valence-electron chi connectivity index (χ4n) is 3.66. The normalized spacial score (nSPS) is 12.6.